The third-order valence-corrected chi connectivity index (χ3v) is 3.01. The van der Waals surface area contributed by atoms with Gasteiger partial charge < -0.3 is 15.1 Å². The first kappa shape index (κ1) is 11.1. The standard InChI is InChI=1S/C10H15N3O3/c1-6-7(3-11-12(6)2)10(16)13-4-8(14)9(15)5-13/h3,8-9,14-15H,4-5H2,1-2H3. The largest absolute Gasteiger partial charge is 0.388 e. The number of aromatic nitrogens is 2. The molecule has 6 nitrogen and oxygen atoms in total. The molecule has 2 N–H and O–H groups in total. The normalized spacial score (nSPS) is 25.1. The van der Waals surface area contributed by atoms with Crippen LogP contribution >= 0.6 is 0 Å². The third-order valence-electron chi connectivity index (χ3n) is 3.01. The van der Waals surface area contributed by atoms with Crippen molar-refractivity contribution in [1.82, 2.24) is 14.7 Å². The van der Waals surface area contributed by atoms with Gasteiger partial charge in [-0.25, -0.2) is 0 Å². The molecule has 1 aliphatic rings. The van der Waals surface area contributed by atoms with E-state index in [1.807, 2.05) is 6.92 Å². The Morgan fingerprint density at radius 2 is 2.00 bits per heavy atom. The second-order valence-electron chi connectivity index (χ2n) is 4.11. The SMILES string of the molecule is Cc1c(C(=O)N2CC(O)C(O)C2)cnn1C. The highest BCUT2D eigenvalue weighted by Crippen LogP contribution is 2.15. The number of nitrogens with zero attached hydrogens (tertiary/aromatic N) is 3. The first-order valence-corrected chi connectivity index (χ1v) is 5.14. The number of aliphatic hydroxyl groups excluding tert-OH is 2. The summed E-state index contributed by atoms with van der Waals surface area (Å²) in [7, 11) is 1.76. The van der Waals surface area contributed by atoms with Gasteiger partial charge in [0.25, 0.3) is 5.91 Å². The van der Waals surface area contributed by atoms with E-state index in [1.54, 1.807) is 11.7 Å². The second kappa shape index (κ2) is 3.88. The van der Waals surface area contributed by atoms with Crippen LogP contribution in [0.25, 0.3) is 0 Å². The van der Waals surface area contributed by atoms with E-state index in [2.05, 4.69) is 5.10 Å². The molecular weight excluding hydrogens is 210 g/mol. The molecule has 1 aliphatic heterocycles. The molecular formula is C10H15N3O3. The summed E-state index contributed by atoms with van der Waals surface area (Å²) in [5.74, 6) is -0.193. The van der Waals surface area contributed by atoms with Gasteiger partial charge in [-0.3, -0.25) is 9.48 Å². The molecule has 0 aliphatic carbocycles. The number of carbonyl (C=O) groups excluding carboxylic acids is 1. The Balaban J connectivity index is 2.18. The summed E-state index contributed by atoms with van der Waals surface area (Å²) >= 11 is 0. The summed E-state index contributed by atoms with van der Waals surface area (Å²) in [6.45, 7) is 2.16. The van der Waals surface area contributed by atoms with Crippen LogP contribution in [-0.2, 0) is 7.05 Å². The minimum absolute atomic E-state index is 0.175. The smallest absolute Gasteiger partial charge is 0.257 e. The van der Waals surface area contributed by atoms with Crippen molar-refractivity contribution in [3.8, 4) is 0 Å². The van der Waals surface area contributed by atoms with E-state index in [-0.39, 0.29) is 19.0 Å². The zero-order chi connectivity index (χ0) is 11.9. The van der Waals surface area contributed by atoms with Crippen LogP contribution in [0.5, 0.6) is 0 Å². The van der Waals surface area contributed by atoms with Crippen molar-refractivity contribution >= 4 is 5.91 Å². The molecule has 2 unspecified atom stereocenters. The maximum Gasteiger partial charge on any atom is 0.257 e. The molecule has 1 aromatic heterocycles. The Bertz CT molecular complexity index is 405. The van der Waals surface area contributed by atoms with Crippen molar-refractivity contribution in [3.05, 3.63) is 17.5 Å². The molecule has 1 saturated heterocycles. The predicted molar refractivity (Wildman–Crippen MR) is 55.9 cm³/mol. The molecule has 2 rings (SSSR count). The highest BCUT2D eigenvalue weighted by molar-refractivity contribution is 5.95. The van der Waals surface area contributed by atoms with Crippen molar-refractivity contribution in [2.45, 2.75) is 19.1 Å². The van der Waals surface area contributed by atoms with Gasteiger partial charge in [-0.1, -0.05) is 0 Å². The van der Waals surface area contributed by atoms with Crippen LogP contribution in [0.4, 0.5) is 0 Å². The minimum Gasteiger partial charge on any atom is -0.388 e. The molecule has 1 fully saturated rings. The minimum atomic E-state index is -0.846. The van der Waals surface area contributed by atoms with E-state index in [0.29, 0.717) is 5.56 Å². The molecule has 1 aromatic rings. The van der Waals surface area contributed by atoms with Crippen molar-refractivity contribution in [2.24, 2.45) is 7.05 Å². The Labute approximate surface area is 93.1 Å². The number of hydrogen-bond acceptors (Lipinski definition) is 4. The molecule has 88 valence electrons. The van der Waals surface area contributed by atoms with E-state index in [4.69, 9.17) is 0 Å². The van der Waals surface area contributed by atoms with Crippen molar-refractivity contribution in [3.63, 3.8) is 0 Å². The van der Waals surface area contributed by atoms with E-state index in [1.165, 1.54) is 11.1 Å². The summed E-state index contributed by atoms with van der Waals surface area (Å²) in [6, 6.07) is 0. The molecule has 0 saturated carbocycles. The van der Waals surface area contributed by atoms with Crippen LogP contribution in [0.15, 0.2) is 6.20 Å². The lowest BCUT2D eigenvalue weighted by Crippen LogP contribution is -2.30. The van der Waals surface area contributed by atoms with E-state index >= 15 is 0 Å². The summed E-state index contributed by atoms with van der Waals surface area (Å²) in [4.78, 5) is 13.5. The fourth-order valence-corrected chi connectivity index (χ4v) is 1.81. The number of aryl methyl sites for hydroxylation is 1. The van der Waals surface area contributed by atoms with E-state index in [9.17, 15) is 15.0 Å². The van der Waals surface area contributed by atoms with Crippen LogP contribution in [0, 0.1) is 6.92 Å². The molecule has 0 aromatic carbocycles. The van der Waals surface area contributed by atoms with Crippen molar-refractivity contribution < 1.29 is 15.0 Å². The summed E-state index contributed by atoms with van der Waals surface area (Å²) < 4.78 is 1.62. The van der Waals surface area contributed by atoms with E-state index < -0.39 is 12.2 Å². The molecule has 16 heavy (non-hydrogen) atoms. The van der Waals surface area contributed by atoms with Crippen LogP contribution in [0.1, 0.15) is 16.1 Å². The highest BCUT2D eigenvalue weighted by atomic mass is 16.3. The molecule has 0 spiro atoms. The topological polar surface area (TPSA) is 78.6 Å². The van der Waals surface area contributed by atoms with Crippen LogP contribution in [0.3, 0.4) is 0 Å². The number of likely N-dealkylation sites (tertiary alicyclic amines) is 1. The van der Waals surface area contributed by atoms with Gasteiger partial charge in [-0.05, 0) is 6.92 Å². The number of rotatable bonds is 1. The third kappa shape index (κ3) is 1.70. The molecule has 2 atom stereocenters. The summed E-state index contributed by atoms with van der Waals surface area (Å²) in [6.07, 6.45) is -0.184. The van der Waals surface area contributed by atoms with Gasteiger partial charge in [0.15, 0.2) is 0 Å². The zero-order valence-corrected chi connectivity index (χ0v) is 9.29. The van der Waals surface area contributed by atoms with Gasteiger partial charge in [0.1, 0.15) is 0 Å². The Morgan fingerprint density at radius 1 is 1.44 bits per heavy atom. The molecule has 6 heteroatoms. The van der Waals surface area contributed by atoms with Gasteiger partial charge in [0.05, 0.1) is 24.0 Å². The average Bonchev–Trinajstić information content (AvgIpc) is 2.73. The monoisotopic (exact) mass is 225 g/mol. The Hall–Kier alpha value is -1.40. The molecule has 1 amide bonds. The number of hydrogen-bond donors (Lipinski definition) is 2. The zero-order valence-electron chi connectivity index (χ0n) is 9.29. The van der Waals surface area contributed by atoms with Crippen LogP contribution in [0.2, 0.25) is 0 Å². The number of aliphatic hydroxyl groups is 2. The lowest BCUT2D eigenvalue weighted by atomic mass is 10.2. The number of amides is 1. The lowest BCUT2D eigenvalue weighted by Gasteiger charge is -2.14. The van der Waals surface area contributed by atoms with Gasteiger partial charge in [-0.15, -0.1) is 0 Å². The molecule has 0 radical (unpaired) electrons. The Kier molecular flexibility index (Phi) is 2.69. The number of β-amino-alcohol motifs (C(OH)–C–C–N with tert-alkyl or cyclic N) is 2. The van der Waals surface area contributed by atoms with Crippen molar-refractivity contribution in [1.29, 1.82) is 0 Å². The maximum atomic E-state index is 12.0. The van der Waals surface area contributed by atoms with Gasteiger partial charge in [0, 0.05) is 25.8 Å². The first-order valence-electron chi connectivity index (χ1n) is 5.14. The first-order chi connectivity index (χ1) is 7.50. The maximum absolute atomic E-state index is 12.0. The van der Waals surface area contributed by atoms with Crippen LogP contribution < -0.4 is 0 Å². The van der Waals surface area contributed by atoms with Crippen molar-refractivity contribution in [2.75, 3.05) is 13.1 Å². The lowest BCUT2D eigenvalue weighted by molar-refractivity contribution is 0.0572. The quantitative estimate of drug-likeness (QED) is 0.636. The predicted octanol–water partition coefficient (Wildman–Crippen LogP) is -1.09. The molecule has 0 bridgehead atoms. The number of carbonyl (C=O) groups is 1. The van der Waals surface area contributed by atoms with Gasteiger partial charge in [0.2, 0.25) is 0 Å². The van der Waals surface area contributed by atoms with Crippen LogP contribution in [-0.4, -0.2) is 56.1 Å². The van der Waals surface area contributed by atoms with Gasteiger partial charge in [-0.2, -0.15) is 5.10 Å². The fourth-order valence-electron chi connectivity index (χ4n) is 1.81. The average molecular weight is 225 g/mol. The molecule has 2 heterocycles. The summed E-state index contributed by atoms with van der Waals surface area (Å²) in [5.41, 5.74) is 1.30. The Morgan fingerprint density at radius 3 is 2.44 bits per heavy atom. The second-order valence-corrected chi connectivity index (χ2v) is 4.11. The van der Waals surface area contributed by atoms with Gasteiger partial charge >= 0.3 is 0 Å². The van der Waals surface area contributed by atoms with E-state index in [0.717, 1.165) is 5.69 Å². The fraction of sp³-hybridized carbons (Fsp3) is 0.600. The highest BCUT2D eigenvalue weighted by Gasteiger charge is 2.33. The summed E-state index contributed by atoms with van der Waals surface area (Å²) in [5, 5.41) is 22.7.